The molecule has 30 heavy (non-hydrogen) atoms. The summed E-state index contributed by atoms with van der Waals surface area (Å²) in [5, 5.41) is 11.1. The summed E-state index contributed by atoms with van der Waals surface area (Å²) in [5.74, 6) is 1.64. The fourth-order valence-electron chi connectivity index (χ4n) is 3.41. The lowest BCUT2D eigenvalue weighted by Crippen LogP contribution is -2.39. The molecule has 2 N–H and O–H groups in total. The quantitative estimate of drug-likeness (QED) is 0.282. The molecule has 3 aromatic rings. The summed E-state index contributed by atoms with van der Waals surface area (Å²) in [6.07, 6.45) is 4.52. The van der Waals surface area contributed by atoms with Crippen LogP contribution in [0.2, 0.25) is 0 Å². The van der Waals surface area contributed by atoms with Gasteiger partial charge in [0, 0.05) is 12.6 Å². The van der Waals surface area contributed by atoms with E-state index in [2.05, 4.69) is 83.1 Å². The molecule has 1 aromatic heterocycles. The van der Waals surface area contributed by atoms with Gasteiger partial charge in [-0.15, -0.1) is 24.0 Å². The molecule has 1 fully saturated rings. The van der Waals surface area contributed by atoms with Gasteiger partial charge in [-0.3, -0.25) is 0 Å². The lowest BCUT2D eigenvalue weighted by atomic mass is 9.98. The standard InChI is InChI=1S/C23H28N6.HI/c1-3-25-23(28-22-12-17(22)2)26-13-20-6-4-5-7-21(20)19-10-8-18(9-11-19)14-29-16-24-15-27-29;/h4-11,15-17,22H,3,12-14H2,1-2H3,(H2,25,26,28);1H. The fourth-order valence-corrected chi connectivity index (χ4v) is 3.41. The molecule has 7 heteroatoms. The summed E-state index contributed by atoms with van der Waals surface area (Å²) in [4.78, 5) is 8.83. The van der Waals surface area contributed by atoms with Crippen LogP contribution >= 0.6 is 24.0 Å². The van der Waals surface area contributed by atoms with Crippen LogP contribution in [0.4, 0.5) is 0 Å². The maximum Gasteiger partial charge on any atom is 0.191 e. The van der Waals surface area contributed by atoms with Gasteiger partial charge in [0.2, 0.25) is 0 Å². The van der Waals surface area contributed by atoms with Gasteiger partial charge in [0.05, 0.1) is 13.1 Å². The van der Waals surface area contributed by atoms with Gasteiger partial charge in [-0.05, 0) is 41.5 Å². The summed E-state index contributed by atoms with van der Waals surface area (Å²) in [5.41, 5.74) is 4.84. The molecule has 158 valence electrons. The van der Waals surface area contributed by atoms with Crippen molar-refractivity contribution in [1.82, 2.24) is 25.4 Å². The van der Waals surface area contributed by atoms with Gasteiger partial charge in [0.1, 0.15) is 12.7 Å². The van der Waals surface area contributed by atoms with Crippen molar-refractivity contribution in [1.29, 1.82) is 0 Å². The van der Waals surface area contributed by atoms with Crippen molar-refractivity contribution in [3.8, 4) is 11.1 Å². The van der Waals surface area contributed by atoms with Crippen LogP contribution in [-0.2, 0) is 13.1 Å². The van der Waals surface area contributed by atoms with Crippen LogP contribution in [0.25, 0.3) is 11.1 Å². The van der Waals surface area contributed by atoms with Crippen molar-refractivity contribution in [3.63, 3.8) is 0 Å². The van der Waals surface area contributed by atoms with Crippen LogP contribution in [0.1, 0.15) is 31.4 Å². The van der Waals surface area contributed by atoms with E-state index in [1.165, 1.54) is 28.7 Å². The molecule has 0 spiro atoms. The summed E-state index contributed by atoms with van der Waals surface area (Å²) >= 11 is 0. The zero-order chi connectivity index (χ0) is 20.1. The van der Waals surface area contributed by atoms with Crippen LogP contribution in [0, 0.1) is 5.92 Å². The Morgan fingerprint density at radius 3 is 2.60 bits per heavy atom. The monoisotopic (exact) mass is 516 g/mol. The van der Waals surface area contributed by atoms with Gasteiger partial charge in [0.25, 0.3) is 0 Å². The zero-order valence-corrected chi connectivity index (χ0v) is 19.8. The van der Waals surface area contributed by atoms with Crippen LogP contribution in [0.15, 0.2) is 66.2 Å². The average molecular weight is 516 g/mol. The molecular formula is C23H29IN6. The third-order valence-corrected chi connectivity index (χ3v) is 5.28. The number of nitrogens with one attached hydrogen (secondary N) is 2. The summed E-state index contributed by atoms with van der Waals surface area (Å²) in [6, 6.07) is 17.7. The van der Waals surface area contributed by atoms with Gasteiger partial charge in [-0.1, -0.05) is 55.5 Å². The maximum atomic E-state index is 4.83. The van der Waals surface area contributed by atoms with E-state index < -0.39 is 0 Å². The van der Waals surface area contributed by atoms with Crippen molar-refractivity contribution < 1.29 is 0 Å². The smallest absolute Gasteiger partial charge is 0.191 e. The topological polar surface area (TPSA) is 67.1 Å². The number of halogens is 1. The van der Waals surface area contributed by atoms with E-state index in [1.807, 2.05) is 4.68 Å². The summed E-state index contributed by atoms with van der Waals surface area (Å²) in [7, 11) is 0. The normalized spacial score (nSPS) is 17.9. The van der Waals surface area contributed by atoms with Gasteiger partial charge in [0.15, 0.2) is 5.96 Å². The first-order chi connectivity index (χ1) is 14.2. The van der Waals surface area contributed by atoms with Crippen molar-refractivity contribution in [3.05, 3.63) is 72.3 Å². The number of aliphatic imine (C=N–C) groups is 1. The molecule has 0 amide bonds. The van der Waals surface area contributed by atoms with Crippen molar-refractivity contribution >= 4 is 29.9 Å². The summed E-state index contributed by atoms with van der Waals surface area (Å²) < 4.78 is 1.83. The van der Waals surface area contributed by atoms with E-state index in [0.717, 1.165) is 25.0 Å². The Bertz CT molecular complexity index is 952. The number of guanidine groups is 1. The zero-order valence-electron chi connectivity index (χ0n) is 17.5. The molecule has 2 aromatic carbocycles. The lowest BCUT2D eigenvalue weighted by Gasteiger charge is -2.13. The fraction of sp³-hybridized carbons (Fsp3) is 0.348. The highest BCUT2D eigenvalue weighted by Crippen LogP contribution is 2.29. The highest BCUT2D eigenvalue weighted by atomic mass is 127. The van der Waals surface area contributed by atoms with E-state index >= 15 is 0 Å². The predicted octanol–water partition coefficient (Wildman–Crippen LogP) is 4.07. The van der Waals surface area contributed by atoms with E-state index in [9.17, 15) is 0 Å². The van der Waals surface area contributed by atoms with Gasteiger partial charge in [-0.2, -0.15) is 5.10 Å². The number of benzene rings is 2. The minimum atomic E-state index is 0. The van der Waals surface area contributed by atoms with Crippen LogP contribution < -0.4 is 10.6 Å². The van der Waals surface area contributed by atoms with Crippen LogP contribution in [0.3, 0.4) is 0 Å². The highest BCUT2D eigenvalue weighted by Gasteiger charge is 2.33. The number of hydrogen-bond donors (Lipinski definition) is 2. The molecule has 1 saturated carbocycles. The Labute approximate surface area is 195 Å². The summed E-state index contributed by atoms with van der Waals surface area (Å²) in [6.45, 7) is 6.60. The van der Waals surface area contributed by atoms with Crippen LogP contribution in [-0.4, -0.2) is 33.3 Å². The third kappa shape index (κ3) is 5.81. The second-order valence-electron chi connectivity index (χ2n) is 7.61. The molecule has 6 nitrogen and oxygen atoms in total. The number of aromatic nitrogens is 3. The van der Waals surface area contributed by atoms with Crippen molar-refractivity contribution in [2.75, 3.05) is 6.54 Å². The number of hydrogen-bond acceptors (Lipinski definition) is 3. The Balaban J connectivity index is 0.00000256. The van der Waals surface area contributed by atoms with Gasteiger partial charge in [-0.25, -0.2) is 14.7 Å². The van der Waals surface area contributed by atoms with Crippen LogP contribution in [0.5, 0.6) is 0 Å². The van der Waals surface area contributed by atoms with E-state index in [4.69, 9.17) is 4.99 Å². The second kappa shape index (κ2) is 10.6. The Morgan fingerprint density at radius 2 is 1.93 bits per heavy atom. The minimum Gasteiger partial charge on any atom is -0.357 e. The largest absolute Gasteiger partial charge is 0.357 e. The molecule has 4 rings (SSSR count). The lowest BCUT2D eigenvalue weighted by molar-refractivity contribution is 0.685. The molecule has 1 aliphatic carbocycles. The molecule has 0 saturated heterocycles. The Morgan fingerprint density at radius 1 is 1.17 bits per heavy atom. The van der Waals surface area contributed by atoms with E-state index in [-0.39, 0.29) is 24.0 Å². The predicted molar refractivity (Wildman–Crippen MR) is 132 cm³/mol. The first kappa shape index (κ1) is 22.3. The number of rotatable bonds is 7. The second-order valence-corrected chi connectivity index (χ2v) is 7.61. The van der Waals surface area contributed by atoms with Gasteiger partial charge < -0.3 is 10.6 Å². The Kier molecular flexibility index (Phi) is 7.84. The number of nitrogens with zero attached hydrogens (tertiary/aromatic N) is 4. The maximum absolute atomic E-state index is 4.83. The minimum absolute atomic E-state index is 0. The highest BCUT2D eigenvalue weighted by molar-refractivity contribution is 14.0. The molecule has 0 radical (unpaired) electrons. The van der Waals surface area contributed by atoms with E-state index in [1.54, 1.807) is 12.7 Å². The molecule has 0 bridgehead atoms. The SMILES string of the molecule is CCNC(=NCc1ccccc1-c1ccc(Cn2cncn2)cc1)NC1CC1C.I. The molecular weight excluding hydrogens is 487 g/mol. The first-order valence-corrected chi connectivity index (χ1v) is 10.3. The van der Waals surface area contributed by atoms with Crippen molar-refractivity contribution in [2.45, 2.75) is 39.4 Å². The van der Waals surface area contributed by atoms with Crippen molar-refractivity contribution in [2.24, 2.45) is 10.9 Å². The molecule has 2 unspecified atom stereocenters. The molecule has 1 aliphatic rings. The molecule has 2 atom stereocenters. The molecule has 0 aliphatic heterocycles. The Hall–Kier alpha value is -2.42. The molecule has 1 heterocycles. The van der Waals surface area contributed by atoms with Gasteiger partial charge >= 0.3 is 0 Å². The average Bonchev–Trinajstić information content (AvgIpc) is 3.20. The first-order valence-electron chi connectivity index (χ1n) is 10.3. The third-order valence-electron chi connectivity index (χ3n) is 5.28. The van der Waals surface area contributed by atoms with E-state index in [0.29, 0.717) is 12.6 Å².